The first-order chi connectivity index (χ1) is 24.3. The van der Waals surface area contributed by atoms with Crippen molar-refractivity contribution < 1.29 is 18.8 Å². The van der Waals surface area contributed by atoms with Crippen LogP contribution in [-0.4, -0.2) is 36.2 Å². The second kappa shape index (κ2) is 14.5. The first-order valence-electron chi connectivity index (χ1n) is 18.1. The zero-order valence-electron chi connectivity index (χ0n) is 30.5. The highest BCUT2D eigenvalue weighted by Gasteiger charge is 2.53. The average Bonchev–Trinajstić information content (AvgIpc) is 3.14. The van der Waals surface area contributed by atoms with Crippen LogP contribution in [0.5, 0.6) is 0 Å². The SMILES string of the molecule is Cc1cccc(C(=O)NCC23CCC(C(=O)N[C@H](C(=O)N(C)Cc4ccc(F)cc4)c4ccccc4)(CC2)CC3)c1-c1ccc(C(C)(C)C)cc1. The van der Waals surface area contributed by atoms with Crippen LogP contribution in [0, 0.1) is 23.6 Å². The highest BCUT2D eigenvalue weighted by molar-refractivity contribution is 6.01. The summed E-state index contributed by atoms with van der Waals surface area (Å²) >= 11 is 0. The molecule has 0 unspecified atom stereocenters. The number of rotatable bonds is 10. The van der Waals surface area contributed by atoms with Gasteiger partial charge in [-0.05, 0) is 108 Å². The second-order valence-electron chi connectivity index (χ2n) is 15.9. The smallest absolute Gasteiger partial charge is 0.251 e. The van der Waals surface area contributed by atoms with Gasteiger partial charge in [0.2, 0.25) is 11.8 Å². The Morgan fingerprint density at radius 1 is 0.804 bits per heavy atom. The number of carbonyl (C=O) groups is 3. The van der Waals surface area contributed by atoms with Gasteiger partial charge in [0.1, 0.15) is 11.9 Å². The van der Waals surface area contributed by atoms with Gasteiger partial charge in [0, 0.05) is 31.1 Å². The van der Waals surface area contributed by atoms with Crippen molar-refractivity contribution in [3.8, 4) is 11.1 Å². The van der Waals surface area contributed by atoms with Gasteiger partial charge in [0.05, 0.1) is 0 Å². The largest absolute Gasteiger partial charge is 0.351 e. The van der Waals surface area contributed by atoms with Gasteiger partial charge in [0.25, 0.3) is 5.91 Å². The predicted octanol–water partition coefficient (Wildman–Crippen LogP) is 8.69. The van der Waals surface area contributed by atoms with Crippen molar-refractivity contribution in [3.05, 3.63) is 131 Å². The molecule has 2 bridgehead atoms. The van der Waals surface area contributed by atoms with Crippen LogP contribution in [-0.2, 0) is 21.5 Å². The lowest BCUT2D eigenvalue weighted by Gasteiger charge is -2.52. The first-order valence-corrected chi connectivity index (χ1v) is 18.1. The van der Waals surface area contributed by atoms with E-state index in [9.17, 15) is 18.8 Å². The van der Waals surface area contributed by atoms with E-state index in [1.807, 2.05) is 42.5 Å². The summed E-state index contributed by atoms with van der Waals surface area (Å²) in [7, 11) is 1.71. The number of nitrogens with zero attached hydrogens (tertiary/aromatic N) is 1. The molecule has 1 atom stereocenters. The topological polar surface area (TPSA) is 78.5 Å². The Balaban J connectivity index is 1.11. The van der Waals surface area contributed by atoms with E-state index in [2.05, 4.69) is 68.7 Å². The van der Waals surface area contributed by atoms with Crippen LogP contribution in [0.1, 0.15) is 97.9 Å². The van der Waals surface area contributed by atoms with Gasteiger partial charge >= 0.3 is 0 Å². The molecule has 0 radical (unpaired) electrons. The van der Waals surface area contributed by atoms with E-state index in [1.54, 1.807) is 24.1 Å². The maximum Gasteiger partial charge on any atom is 0.251 e. The van der Waals surface area contributed by atoms with E-state index in [-0.39, 0.29) is 34.4 Å². The van der Waals surface area contributed by atoms with Gasteiger partial charge < -0.3 is 15.5 Å². The molecule has 4 aromatic carbocycles. The highest BCUT2D eigenvalue weighted by Crippen LogP contribution is 2.57. The molecule has 4 aromatic rings. The Morgan fingerprint density at radius 2 is 1.43 bits per heavy atom. The van der Waals surface area contributed by atoms with Gasteiger partial charge in [-0.3, -0.25) is 14.4 Å². The lowest BCUT2D eigenvalue weighted by molar-refractivity contribution is -0.145. The molecule has 0 spiro atoms. The van der Waals surface area contributed by atoms with Gasteiger partial charge in [-0.25, -0.2) is 4.39 Å². The molecule has 3 fully saturated rings. The summed E-state index contributed by atoms with van der Waals surface area (Å²) in [6.07, 6.45) is 4.65. The van der Waals surface area contributed by atoms with E-state index < -0.39 is 11.5 Å². The van der Waals surface area contributed by atoms with Crippen LogP contribution in [0.25, 0.3) is 11.1 Å². The lowest BCUT2D eigenvalue weighted by Crippen LogP contribution is -2.54. The van der Waals surface area contributed by atoms with Gasteiger partial charge in [-0.2, -0.15) is 0 Å². The number of amides is 3. The maximum atomic E-state index is 14.1. The number of benzene rings is 4. The Morgan fingerprint density at radius 3 is 2.04 bits per heavy atom. The van der Waals surface area contributed by atoms with Crippen LogP contribution in [0.3, 0.4) is 0 Å². The standard InChI is InChI=1S/C44H50FN3O3/c1-30-10-9-13-36(37(30)32-16-18-34(19-17-32)42(2,3)4)39(49)46-29-43-22-25-44(26-23-43,27-24-43)41(51)47-38(33-11-7-6-8-12-33)40(50)48(5)28-31-14-20-35(45)21-15-31/h6-21,38H,22-29H2,1-5H3,(H,46,49)(H,47,51)/t38-,43?,44?/m0/s1. The van der Waals surface area contributed by atoms with Gasteiger partial charge in [-0.15, -0.1) is 0 Å². The minimum Gasteiger partial charge on any atom is -0.351 e. The number of halogens is 1. The van der Waals surface area contributed by atoms with Crippen LogP contribution in [0.2, 0.25) is 0 Å². The number of hydrogen-bond donors (Lipinski definition) is 2. The number of aryl methyl sites for hydroxylation is 1. The molecule has 6 nitrogen and oxygen atoms in total. The molecular weight excluding hydrogens is 638 g/mol. The van der Waals surface area contributed by atoms with Crippen LogP contribution in [0.15, 0.2) is 97.1 Å². The minimum atomic E-state index is -0.834. The Bertz CT molecular complexity index is 1860. The van der Waals surface area contributed by atoms with E-state index in [0.29, 0.717) is 37.9 Å². The van der Waals surface area contributed by atoms with E-state index in [0.717, 1.165) is 47.1 Å². The molecule has 0 saturated heterocycles. The third kappa shape index (κ3) is 7.78. The van der Waals surface area contributed by atoms with Crippen molar-refractivity contribution >= 4 is 17.7 Å². The van der Waals surface area contributed by atoms with Crippen molar-refractivity contribution in [2.45, 2.75) is 84.2 Å². The lowest BCUT2D eigenvalue weighted by atomic mass is 9.53. The molecule has 266 valence electrons. The van der Waals surface area contributed by atoms with Gasteiger partial charge in [0.15, 0.2) is 0 Å². The zero-order chi connectivity index (χ0) is 36.4. The van der Waals surface area contributed by atoms with Crippen molar-refractivity contribution in [1.82, 2.24) is 15.5 Å². The molecule has 0 aromatic heterocycles. The van der Waals surface area contributed by atoms with Crippen molar-refractivity contribution in [3.63, 3.8) is 0 Å². The Hall–Kier alpha value is -4.78. The van der Waals surface area contributed by atoms with Crippen molar-refractivity contribution in [2.75, 3.05) is 13.6 Å². The highest BCUT2D eigenvalue weighted by atomic mass is 19.1. The number of nitrogens with one attached hydrogen (secondary N) is 2. The molecule has 3 saturated carbocycles. The van der Waals surface area contributed by atoms with E-state index in [4.69, 9.17) is 0 Å². The fourth-order valence-corrected chi connectivity index (χ4v) is 7.99. The number of hydrogen-bond acceptors (Lipinski definition) is 3. The third-order valence-corrected chi connectivity index (χ3v) is 11.4. The summed E-state index contributed by atoms with van der Waals surface area (Å²) < 4.78 is 13.5. The van der Waals surface area contributed by atoms with Crippen LogP contribution >= 0.6 is 0 Å². The molecule has 2 N–H and O–H groups in total. The number of fused-ring (bicyclic) bond motifs is 3. The molecule has 3 aliphatic carbocycles. The van der Waals surface area contributed by atoms with Crippen LogP contribution in [0.4, 0.5) is 4.39 Å². The Kier molecular flexibility index (Phi) is 10.2. The molecule has 3 amide bonds. The van der Waals surface area contributed by atoms with Gasteiger partial charge in [-0.1, -0.05) is 99.6 Å². The molecule has 7 rings (SSSR count). The molecule has 0 heterocycles. The summed E-state index contributed by atoms with van der Waals surface area (Å²) in [6.45, 7) is 9.51. The van der Waals surface area contributed by atoms with Crippen LogP contribution < -0.4 is 10.6 Å². The van der Waals surface area contributed by atoms with E-state index >= 15 is 0 Å². The number of likely N-dealkylation sites (N-methyl/N-ethyl adjacent to an activating group) is 1. The Labute approximate surface area is 301 Å². The number of carbonyl (C=O) groups excluding carboxylic acids is 3. The molecule has 51 heavy (non-hydrogen) atoms. The zero-order valence-corrected chi connectivity index (χ0v) is 30.5. The van der Waals surface area contributed by atoms with Crippen molar-refractivity contribution in [2.24, 2.45) is 10.8 Å². The summed E-state index contributed by atoms with van der Waals surface area (Å²) in [4.78, 5) is 43.3. The quantitative estimate of drug-likeness (QED) is 0.175. The maximum absolute atomic E-state index is 14.1. The summed E-state index contributed by atoms with van der Waals surface area (Å²) in [5.41, 5.74) is 5.96. The summed E-state index contributed by atoms with van der Waals surface area (Å²) in [5, 5.41) is 6.45. The van der Waals surface area contributed by atoms with E-state index in [1.165, 1.54) is 17.7 Å². The summed E-state index contributed by atoms with van der Waals surface area (Å²) in [5.74, 6) is -0.707. The van der Waals surface area contributed by atoms with Crippen molar-refractivity contribution in [1.29, 1.82) is 0 Å². The average molecular weight is 688 g/mol. The molecule has 3 aliphatic rings. The molecule has 0 aliphatic heterocycles. The predicted molar refractivity (Wildman–Crippen MR) is 200 cm³/mol. The first kappa shape index (κ1) is 36.0. The monoisotopic (exact) mass is 687 g/mol. The third-order valence-electron chi connectivity index (χ3n) is 11.4. The fraction of sp³-hybridized carbons (Fsp3) is 0.386. The summed E-state index contributed by atoms with van der Waals surface area (Å²) in [6, 6.07) is 29.0. The second-order valence-corrected chi connectivity index (χ2v) is 15.9. The molecule has 7 heteroatoms. The fourth-order valence-electron chi connectivity index (χ4n) is 7.99. The minimum absolute atomic E-state index is 0.0476. The normalized spacial score (nSPS) is 20.4. The molecular formula is C44H50FN3O3.